The highest BCUT2D eigenvalue weighted by Crippen LogP contribution is 2.27. The van der Waals surface area contributed by atoms with E-state index in [0.29, 0.717) is 11.6 Å². The third kappa shape index (κ3) is 4.64. The van der Waals surface area contributed by atoms with Crippen LogP contribution in [0, 0.1) is 0 Å². The number of ether oxygens (including phenoxy) is 1. The SMILES string of the molecule is Nc1cc(Br)ccc1SCCOc1ccc(Cl)cc1. The first-order chi connectivity index (χ1) is 9.15. The van der Waals surface area contributed by atoms with E-state index in [1.807, 2.05) is 42.5 Å². The van der Waals surface area contributed by atoms with Gasteiger partial charge in [0.2, 0.25) is 0 Å². The summed E-state index contributed by atoms with van der Waals surface area (Å²) < 4.78 is 6.61. The van der Waals surface area contributed by atoms with Crippen molar-refractivity contribution in [2.75, 3.05) is 18.1 Å². The molecule has 0 spiro atoms. The van der Waals surface area contributed by atoms with E-state index in [1.54, 1.807) is 11.8 Å². The highest BCUT2D eigenvalue weighted by atomic mass is 79.9. The van der Waals surface area contributed by atoms with Gasteiger partial charge in [-0.1, -0.05) is 27.5 Å². The summed E-state index contributed by atoms with van der Waals surface area (Å²) in [7, 11) is 0. The zero-order chi connectivity index (χ0) is 13.7. The minimum Gasteiger partial charge on any atom is -0.493 e. The minimum absolute atomic E-state index is 0.627. The maximum atomic E-state index is 5.93. The van der Waals surface area contributed by atoms with Gasteiger partial charge in [-0.05, 0) is 42.5 Å². The molecular weight excluding hydrogens is 346 g/mol. The Bertz CT molecular complexity index is 548. The third-order valence-electron chi connectivity index (χ3n) is 2.40. The fraction of sp³-hybridized carbons (Fsp3) is 0.143. The van der Waals surface area contributed by atoms with E-state index in [2.05, 4.69) is 15.9 Å². The quantitative estimate of drug-likeness (QED) is 0.471. The van der Waals surface area contributed by atoms with E-state index in [-0.39, 0.29) is 0 Å². The maximum Gasteiger partial charge on any atom is 0.119 e. The van der Waals surface area contributed by atoms with Gasteiger partial charge in [-0.2, -0.15) is 0 Å². The summed E-state index contributed by atoms with van der Waals surface area (Å²) in [6.07, 6.45) is 0. The first-order valence-corrected chi connectivity index (χ1v) is 7.87. The van der Waals surface area contributed by atoms with E-state index in [9.17, 15) is 0 Å². The standard InChI is InChI=1S/C14H13BrClNOS/c15-10-1-6-14(13(17)9-10)19-8-7-18-12-4-2-11(16)3-5-12/h1-6,9H,7-8,17H2. The molecule has 0 fully saturated rings. The Hall–Kier alpha value is -0.840. The van der Waals surface area contributed by atoms with Crippen LogP contribution in [0.3, 0.4) is 0 Å². The molecule has 0 aliphatic carbocycles. The molecule has 100 valence electrons. The number of benzene rings is 2. The van der Waals surface area contributed by atoms with Gasteiger partial charge in [0.05, 0.1) is 6.61 Å². The number of anilines is 1. The van der Waals surface area contributed by atoms with Crippen LogP contribution >= 0.6 is 39.3 Å². The van der Waals surface area contributed by atoms with Crippen LogP contribution in [-0.2, 0) is 0 Å². The van der Waals surface area contributed by atoms with Crippen LogP contribution in [0.1, 0.15) is 0 Å². The normalized spacial score (nSPS) is 10.4. The summed E-state index contributed by atoms with van der Waals surface area (Å²) in [4.78, 5) is 1.07. The van der Waals surface area contributed by atoms with Crippen LogP contribution in [0.4, 0.5) is 5.69 Å². The maximum absolute atomic E-state index is 5.93. The van der Waals surface area contributed by atoms with Crippen molar-refractivity contribution in [3.63, 3.8) is 0 Å². The van der Waals surface area contributed by atoms with Crippen LogP contribution < -0.4 is 10.5 Å². The number of hydrogen-bond donors (Lipinski definition) is 1. The zero-order valence-corrected chi connectivity index (χ0v) is 13.3. The molecule has 5 heteroatoms. The fourth-order valence-electron chi connectivity index (χ4n) is 1.49. The lowest BCUT2D eigenvalue weighted by Gasteiger charge is -2.08. The van der Waals surface area contributed by atoms with E-state index < -0.39 is 0 Å². The Kier molecular flexibility index (Phi) is 5.43. The highest BCUT2D eigenvalue weighted by Gasteiger charge is 2.01. The lowest BCUT2D eigenvalue weighted by molar-refractivity contribution is 0.344. The Morgan fingerprint density at radius 2 is 1.89 bits per heavy atom. The van der Waals surface area contributed by atoms with Crippen LogP contribution in [0.5, 0.6) is 5.75 Å². The molecule has 2 aromatic carbocycles. The average Bonchev–Trinajstić information content (AvgIpc) is 2.39. The van der Waals surface area contributed by atoms with Crippen LogP contribution in [0.2, 0.25) is 5.02 Å². The van der Waals surface area contributed by atoms with Gasteiger partial charge < -0.3 is 10.5 Å². The number of halogens is 2. The number of hydrogen-bond acceptors (Lipinski definition) is 3. The molecule has 0 amide bonds. The van der Waals surface area contributed by atoms with Crippen molar-refractivity contribution in [2.45, 2.75) is 4.90 Å². The van der Waals surface area contributed by atoms with Gasteiger partial charge in [-0.15, -0.1) is 11.8 Å². The van der Waals surface area contributed by atoms with Gasteiger partial charge in [0.15, 0.2) is 0 Å². The van der Waals surface area contributed by atoms with E-state index in [0.717, 1.165) is 26.6 Å². The van der Waals surface area contributed by atoms with Crippen LogP contribution in [-0.4, -0.2) is 12.4 Å². The molecule has 2 rings (SSSR count). The molecule has 19 heavy (non-hydrogen) atoms. The van der Waals surface area contributed by atoms with Crippen molar-refractivity contribution in [2.24, 2.45) is 0 Å². The zero-order valence-electron chi connectivity index (χ0n) is 10.1. The highest BCUT2D eigenvalue weighted by molar-refractivity contribution is 9.10. The summed E-state index contributed by atoms with van der Waals surface area (Å²) >= 11 is 10.9. The van der Waals surface area contributed by atoms with E-state index in [4.69, 9.17) is 22.1 Å². The lowest BCUT2D eigenvalue weighted by Crippen LogP contribution is -2.00. The Labute approximate surface area is 130 Å². The van der Waals surface area contributed by atoms with Crippen LogP contribution in [0.15, 0.2) is 51.8 Å². The summed E-state index contributed by atoms with van der Waals surface area (Å²) in [6.45, 7) is 0.627. The monoisotopic (exact) mass is 357 g/mol. The predicted octanol–water partition coefficient (Wildman–Crippen LogP) is 4.86. The van der Waals surface area contributed by atoms with Crippen molar-refractivity contribution >= 4 is 45.0 Å². The van der Waals surface area contributed by atoms with Gasteiger partial charge in [-0.25, -0.2) is 0 Å². The summed E-state index contributed by atoms with van der Waals surface area (Å²) in [5, 5.41) is 0.712. The second kappa shape index (κ2) is 7.08. The van der Waals surface area contributed by atoms with E-state index in [1.165, 1.54) is 0 Å². The van der Waals surface area contributed by atoms with Gasteiger partial charge in [0, 0.05) is 25.8 Å². The van der Waals surface area contributed by atoms with E-state index >= 15 is 0 Å². The first-order valence-electron chi connectivity index (χ1n) is 5.71. The molecule has 2 nitrogen and oxygen atoms in total. The van der Waals surface area contributed by atoms with Crippen LogP contribution in [0.25, 0.3) is 0 Å². The average molecular weight is 359 g/mol. The number of nitrogens with two attached hydrogens (primary N) is 1. The molecule has 0 atom stereocenters. The van der Waals surface area contributed by atoms with Gasteiger partial charge >= 0.3 is 0 Å². The molecule has 0 unspecified atom stereocenters. The Morgan fingerprint density at radius 1 is 1.16 bits per heavy atom. The molecule has 0 radical (unpaired) electrons. The van der Waals surface area contributed by atoms with Gasteiger partial charge in [-0.3, -0.25) is 0 Å². The van der Waals surface area contributed by atoms with Crippen molar-refractivity contribution in [1.82, 2.24) is 0 Å². The topological polar surface area (TPSA) is 35.2 Å². The third-order valence-corrected chi connectivity index (χ3v) is 4.19. The summed E-state index contributed by atoms with van der Waals surface area (Å²) in [6, 6.07) is 13.3. The second-order valence-electron chi connectivity index (χ2n) is 3.83. The first kappa shape index (κ1) is 14.6. The second-order valence-corrected chi connectivity index (χ2v) is 6.32. The minimum atomic E-state index is 0.627. The largest absolute Gasteiger partial charge is 0.493 e. The Balaban J connectivity index is 1.79. The fourth-order valence-corrected chi connectivity index (χ4v) is 2.77. The molecule has 0 aromatic heterocycles. The molecule has 0 heterocycles. The predicted molar refractivity (Wildman–Crippen MR) is 86.2 cm³/mol. The molecule has 2 aromatic rings. The lowest BCUT2D eigenvalue weighted by atomic mass is 10.3. The molecule has 0 aliphatic rings. The number of thioether (sulfide) groups is 1. The molecule has 0 saturated heterocycles. The van der Waals surface area contributed by atoms with Crippen molar-refractivity contribution in [3.05, 3.63) is 52.0 Å². The van der Waals surface area contributed by atoms with Crippen molar-refractivity contribution < 1.29 is 4.74 Å². The van der Waals surface area contributed by atoms with Gasteiger partial charge in [0.25, 0.3) is 0 Å². The Morgan fingerprint density at radius 3 is 2.58 bits per heavy atom. The molecule has 0 aliphatic heterocycles. The molecule has 2 N–H and O–H groups in total. The summed E-state index contributed by atoms with van der Waals surface area (Å²) in [5.41, 5.74) is 6.71. The number of nitrogen functional groups attached to an aromatic ring is 1. The molecule has 0 bridgehead atoms. The van der Waals surface area contributed by atoms with Crippen molar-refractivity contribution in [3.8, 4) is 5.75 Å². The van der Waals surface area contributed by atoms with Crippen molar-refractivity contribution in [1.29, 1.82) is 0 Å². The smallest absolute Gasteiger partial charge is 0.119 e. The molecule has 0 saturated carbocycles. The van der Waals surface area contributed by atoms with Gasteiger partial charge in [0.1, 0.15) is 5.75 Å². The number of rotatable bonds is 5. The molecular formula is C14H13BrClNOS. The summed E-state index contributed by atoms with van der Waals surface area (Å²) in [5.74, 6) is 1.67.